The van der Waals surface area contributed by atoms with Gasteiger partial charge in [0, 0.05) is 19.1 Å². The van der Waals surface area contributed by atoms with Crippen LogP contribution in [0.3, 0.4) is 0 Å². The summed E-state index contributed by atoms with van der Waals surface area (Å²) in [4.78, 5) is 9.07. The number of hydrogen-bond donors (Lipinski definition) is 3. The molecule has 126 valence electrons. The fourth-order valence-corrected chi connectivity index (χ4v) is 2.47. The fourth-order valence-electron chi connectivity index (χ4n) is 2.47. The molecule has 7 nitrogen and oxygen atoms in total. The lowest BCUT2D eigenvalue weighted by molar-refractivity contribution is 0.311. The van der Waals surface area contributed by atoms with Gasteiger partial charge in [-0.2, -0.15) is 15.1 Å². The predicted octanol–water partition coefficient (Wildman–Crippen LogP) is 2.42. The van der Waals surface area contributed by atoms with E-state index in [4.69, 9.17) is 5.11 Å². The van der Waals surface area contributed by atoms with Crippen LogP contribution in [-0.4, -0.2) is 38.0 Å². The summed E-state index contributed by atoms with van der Waals surface area (Å²) in [5, 5.41) is 20.7. The molecule has 3 rings (SSSR count). The van der Waals surface area contributed by atoms with Gasteiger partial charge in [-0.3, -0.25) is 0 Å². The molecule has 2 aromatic heterocycles. The van der Waals surface area contributed by atoms with Gasteiger partial charge >= 0.3 is 0 Å². The number of aromatic nitrogens is 4. The number of nitrogens with one attached hydrogen (secondary N) is 2. The van der Waals surface area contributed by atoms with Crippen molar-refractivity contribution < 1.29 is 5.11 Å². The van der Waals surface area contributed by atoms with Gasteiger partial charge in [0.2, 0.25) is 5.95 Å². The highest BCUT2D eigenvalue weighted by atomic mass is 16.3. The van der Waals surface area contributed by atoms with Crippen LogP contribution in [0, 0.1) is 0 Å². The van der Waals surface area contributed by atoms with Gasteiger partial charge in [-0.1, -0.05) is 30.3 Å². The number of rotatable bonds is 7. The minimum atomic E-state index is 0.0254. The molecule has 3 aromatic rings. The Morgan fingerprint density at radius 2 is 1.92 bits per heavy atom. The molecule has 0 aliphatic heterocycles. The number of hydrogen-bond acceptors (Lipinski definition) is 6. The Morgan fingerprint density at radius 1 is 1.12 bits per heavy atom. The number of aliphatic hydroxyl groups excluding tert-OH is 1. The SMILES string of the molecule is CC(C)n1ncc2c(NCc3ccccc3)nc(NCCO)nc21. The highest BCUT2D eigenvalue weighted by molar-refractivity contribution is 5.87. The topological polar surface area (TPSA) is 87.9 Å². The van der Waals surface area contributed by atoms with E-state index in [0.29, 0.717) is 19.0 Å². The smallest absolute Gasteiger partial charge is 0.226 e. The van der Waals surface area contributed by atoms with Crippen molar-refractivity contribution in [1.82, 2.24) is 19.7 Å². The van der Waals surface area contributed by atoms with Crippen LogP contribution in [0.5, 0.6) is 0 Å². The van der Waals surface area contributed by atoms with E-state index < -0.39 is 0 Å². The maximum atomic E-state index is 9.01. The van der Waals surface area contributed by atoms with E-state index in [1.165, 1.54) is 5.56 Å². The molecule has 24 heavy (non-hydrogen) atoms. The molecule has 0 amide bonds. The Balaban J connectivity index is 1.94. The molecule has 0 fully saturated rings. The minimum absolute atomic E-state index is 0.0254. The van der Waals surface area contributed by atoms with E-state index in [9.17, 15) is 0 Å². The highest BCUT2D eigenvalue weighted by Crippen LogP contribution is 2.24. The van der Waals surface area contributed by atoms with E-state index in [-0.39, 0.29) is 12.6 Å². The second kappa shape index (κ2) is 7.27. The van der Waals surface area contributed by atoms with E-state index >= 15 is 0 Å². The van der Waals surface area contributed by atoms with Crippen LogP contribution in [0.4, 0.5) is 11.8 Å². The minimum Gasteiger partial charge on any atom is -0.395 e. The summed E-state index contributed by atoms with van der Waals surface area (Å²) in [6.07, 6.45) is 1.79. The summed E-state index contributed by atoms with van der Waals surface area (Å²) >= 11 is 0. The van der Waals surface area contributed by atoms with Crippen LogP contribution in [0.15, 0.2) is 36.5 Å². The number of aliphatic hydroxyl groups is 1. The van der Waals surface area contributed by atoms with Crippen LogP contribution >= 0.6 is 0 Å². The highest BCUT2D eigenvalue weighted by Gasteiger charge is 2.14. The van der Waals surface area contributed by atoms with E-state index in [1.807, 2.05) is 22.9 Å². The summed E-state index contributed by atoms with van der Waals surface area (Å²) < 4.78 is 1.87. The maximum Gasteiger partial charge on any atom is 0.226 e. The first-order valence-corrected chi connectivity index (χ1v) is 8.07. The first-order chi connectivity index (χ1) is 11.7. The van der Waals surface area contributed by atoms with E-state index in [0.717, 1.165) is 16.9 Å². The van der Waals surface area contributed by atoms with Gasteiger partial charge in [0.15, 0.2) is 5.65 Å². The van der Waals surface area contributed by atoms with Crippen molar-refractivity contribution in [3.63, 3.8) is 0 Å². The molecule has 0 aliphatic carbocycles. The number of benzene rings is 1. The molecule has 0 spiro atoms. The van der Waals surface area contributed by atoms with Crippen molar-refractivity contribution in [1.29, 1.82) is 0 Å². The second-order valence-electron chi connectivity index (χ2n) is 5.81. The molecular formula is C17H22N6O. The van der Waals surface area contributed by atoms with E-state index in [2.05, 4.69) is 51.7 Å². The van der Waals surface area contributed by atoms with E-state index in [1.54, 1.807) is 6.20 Å². The lowest BCUT2D eigenvalue weighted by Crippen LogP contribution is -2.12. The molecule has 1 aromatic carbocycles. The Labute approximate surface area is 140 Å². The summed E-state index contributed by atoms with van der Waals surface area (Å²) in [6.45, 7) is 5.22. The van der Waals surface area contributed by atoms with Crippen molar-refractivity contribution in [2.75, 3.05) is 23.8 Å². The predicted molar refractivity (Wildman–Crippen MR) is 95.1 cm³/mol. The summed E-state index contributed by atoms with van der Waals surface area (Å²) in [7, 11) is 0. The van der Waals surface area contributed by atoms with Gasteiger partial charge in [0.25, 0.3) is 0 Å². The van der Waals surface area contributed by atoms with Crippen LogP contribution in [0.25, 0.3) is 11.0 Å². The Morgan fingerprint density at radius 3 is 2.62 bits per heavy atom. The molecular weight excluding hydrogens is 304 g/mol. The first kappa shape index (κ1) is 16.2. The molecule has 0 radical (unpaired) electrons. The molecule has 0 atom stereocenters. The van der Waals surface area contributed by atoms with Crippen LogP contribution < -0.4 is 10.6 Å². The van der Waals surface area contributed by atoms with Crippen LogP contribution in [0.2, 0.25) is 0 Å². The Kier molecular flexibility index (Phi) is 4.90. The van der Waals surface area contributed by atoms with Gasteiger partial charge in [-0.25, -0.2) is 4.68 Å². The normalized spacial score (nSPS) is 11.2. The summed E-state index contributed by atoms with van der Waals surface area (Å²) in [6, 6.07) is 10.3. The van der Waals surface area contributed by atoms with Crippen molar-refractivity contribution >= 4 is 22.8 Å². The molecule has 0 bridgehead atoms. The first-order valence-electron chi connectivity index (χ1n) is 8.07. The van der Waals surface area contributed by atoms with Crippen LogP contribution in [0.1, 0.15) is 25.5 Å². The van der Waals surface area contributed by atoms with Gasteiger partial charge in [0.05, 0.1) is 18.2 Å². The van der Waals surface area contributed by atoms with Crippen molar-refractivity contribution in [3.05, 3.63) is 42.1 Å². The number of fused-ring (bicyclic) bond motifs is 1. The largest absolute Gasteiger partial charge is 0.395 e. The zero-order chi connectivity index (χ0) is 16.9. The molecule has 0 aliphatic rings. The third-order valence-electron chi connectivity index (χ3n) is 3.64. The number of nitrogens with zero attached hydrogens (tertiary/aromatic N) is 4. The summed E-state index contributed by atoms with van der Waals surface area (Å²) in [5.41, 5.74) is 1.95. The standard InChI is InChI=1S/C17H22N6O/c1-12(2)23-16-14(11-20-23)15(21-17(22-16)18-8-9-24)19-10-13-6-4-3-5-7-13/h3-7,11-12,24H,8-10H2,1-2H3,(H2,18,19,21,22). The molecule has 2 heterocycles. The van der Waals surface area contributed by atoms with Gasteiger partial charge < -0.3 is 15.7 Å². The zero-order valence-electron chi connectivity index (χ0n) is 13.9. The monoisotopic (exact) mass is 326 g/mol. The average molecular weight is 326 g/mol. The lowest BCUT2D eigenvalue weighted by Gasteiger charge is -2.11. The molecule has 7 heteroatoms. The Bertz CT molecular complexity index is 799. The van der Waals surface area contributed by atoms with Gasteiger partial charge in [-0.05, 0) is 19.4 Å². The molecule has 0 saturated carbocycles. The zero-order valence-corrected chi connectivity index (χ0v) is 13.9. The van der Waals surface area contributed by atoms with Crippen LogP contribution in [-0.2, 0) is 6.54 Å². The molecule has 0 saturated heterocycles. The quantitative estimate of drug-likeness (QED) is 0.618. The van der Waals surface area contributed by atoms with Crippen molar-refractivity contribution in [2.45, 2.75) is 26.4 Å². The van der Waals surface area contributed by atoms with Crippen molar-refractivity contribution in [3.8, 4) is 0 Å². The second-order valence-corrected chi connectivity index (χ2v) is 5.81. The third-order valence-corrected chi connectivity index (χ3v) is 3.64. The molecule has 3 N–H and O–H groups in total. The average Bonchev–Trinajstić information content (AvgIpc) is 3.03. The van der Waals surface area contributed by atoms with Gasteiger partial charge in [0.1, 0.15) is 5.82 Å². The fraction of sp³-hybridized carbons (Fsp3) is 0.353. The summed E-state index contributed by atoms with van der Waals surface area (Å²) in [5.74, 6) is 1.21. The maximum absolute atomic E-state index is 9.01. The number of anilines is 2. The lowest BCUT2D eigenvalue weighted by atomic mass is 10.2. The third kappa shape index (κ3) is 3.46. The van der Waals surface area contributed by atoms with Crippen molar-refractivity contribution in [2.24, 2.45) is 0 Å². The molecule has 0 unspecified atom stereocenters. The Hall–Kier alpha value is -2.67. The van der Waals surface area contributed by atoms with Gasteiger partial charge in [-0.15, -0.1) is 0 Å².